The van der Waals surface area contributed by atoms with E-state index in [2.05, 4.69) is 206 Å². The van der Waals surface area contributed by atoms with Gasteiger partial charge in [-0.1, -0.05) is 129 Å². The molecule has 0 amide bonds. The van der Waals surface area contributed by atoms with Gasteiger partial charge in [-0.2, -0.15) is 0 Å². The smallest absolute Gasteiger partial charge is 0.152 e. The second-order valence-corrected chi connectivity index (χ2v) is 14.7. The van der Waals surface area contributed by atoms with E-state index < -0.39 is 0 Å². The Morgan fingerprint density at radius 1 is 0.453 bits per heavy atom. The molecule has 0 aliphatic carbocycles. The molecule has 8 aromatic carbocycles. The Kier molecular flexibility index (Phi) is 7.06. The predicted octanol–water partition coefficient (Wildman–Crippen LogP) is 14.2. The van der Waals surface area contributed by atoms with Gasteiger partial charge in [0, 0.05) is 22.5 Å². The maximum absolute atomic E-state index is 6.83. The fourth-order valence-electron chi connectivity index (χ4n) is 8.39. The zero-order valence-electron chi connectivity index (χ0n) is 30.0. The van der Waals surface area contributed by atoms with Crippen molar-refractivity contribution in [1.82, 2.24) is 0 Å². The second kappa shape index (κ2) is 12.0. The topological polar surface area (TPSA) is 15.7 Å². The van der Waals surface area contributed by atoms with Gasteiger partial charge in [0.15, 0.2) is 11.5 Å². The number of para-hydroxylation sites is 2. The first-order valence-electron chi connectivity index (χ1n) is 18.3. The molecule has 0 saturated heterocycles. The lowest BCUT2D eigenvalue weighted by molar-refractivity contribution is 0.471. The lowest BCUT2D eigenvalue weighted by Gasteiger charge is -2.45. The number of ether oxygens (including phenoxy) is 1. The number of rotatable bonds is 5. The van der Waals surface area contributed by atoms with E-state index >= 15 is 0 Å². The largest absolute Gasteiger partial charge is 0.453 e. The van der Waals surface area contributed by atoms with Crippen LogP contribution in [0.5, 0.6) is 11.5 Å². The second-order valence-electron chi connectivity index (χ2n) is 14.7. The van der Waals surface area contributed by atoms with Gasteiger partial charge in [-0.25, -0.2) is 0 Å². The normalized spacial score (nSPS) is 13.5. The Labute approximate surface area is 311 Å². The summed E-state index contributed by atoms with van der Waals surface area (Å²) in [5.41, 5.74) is 14.9. The van der Waals surface area contributed by atoms with Crippen molar-refractivity contribution in [3.63, 3.8) is 0 Å². The van der Waals surface area contributed by atoms with Crippen molar-refractivity contribution in [3.8, 4) is 33.8 Å². The van der Waals surface area contributed by atoms with Crippen molar-refractivity contribution in [1.29, 1.82) is 0 Å². The highest BCUT2D eigenvalue weighted by molar-refractivity contribution is 5.96. The molecule has 3 nitrogen and oxygen atoms in total. The summed E-state index contributed by atoms with van der Waals surface area (Å²) in [6.07, 6.45) is 0. The summed E-state index contributed by atoms with van der Waals surface area (Å²) in [5, 5.41) is 2.43. The van der Waals surface area contributed by atoms with Crippen molar-refractivity contribution in [2.24, 2.45) is 0 Å². The Morgan fingerprint density at radius 2 is 1.13 bits per heavy atom. The van der Waals surface area contributed by atoms with E-state index in [1.807, 2.05) is 0 Å². The third kappa shape index (κ3) is 5.03. The third-order valence-electron chi connectivity index (χ3n) is 11.1. The van der Waals surface area contributed by atoms with Gasteiger partial charge in [0.05, 0.1) is 17.1 Å². The zero-order chi connectivity index (χ0) is 35.7. The Hall–Kier alpha value is -6.58. The monoisotopic (exact) mass is 682 g/mol. The van der Waals surface area contributed by atoms with E-state index in [4.69, 9.17) is 4.74 Å². The van der Waals surface area contributed by atoms with Crippen LogP contribution < -0.4 is 14.5 Å². The highest BCUT2D eigenvalue weighted by atomic mass is 16.5. The first kappa shape index (κ1) is 31.2. The molecule has 2 aliphatic heterocycles. The molecular weight excluding hydrogens is 645 g/mol. The van der Waals surface area contributed by atoms with Crippen LogP contribution in [0.1, 0.15) is 30.5 Å². The SMILES string of the molecule is Cc1cccc2c1N1c3ccccc3C(C)(C)c3cc(-c4cccc(N(c5ccc(-c6ccccc6)cc5)c5ccc6ccccc6c5)c4)cc(c31)O2. The Balaban J connectivity index is 1.13. The highest BCUT2D eigenvalue weighted by Crippen LogP contribution is 2.61. The fourth-order valence-corrected chi connectivity index (χ4v) is 8.39. The van der Waals surface area contributed by atoms with E-state index in [1.165, 1.54) is 44.3 Å². The minimum Gasteiger partial charge on any atom is -0.453 e. The van der Waals surface area contributed by atoms with Crippen LogP contribution in [0.2, 0.25) is 0 Å². The maximum atomic E-state index is 6.83. The van der Waals surface area contributed by atoms with Crippen LogP contribution in [-0.4, -0.2) is 0 Å². The molecule has 0 fully saturated rings. The number of anilines is 6. The molecule has 0 saturated carbocycles. The summed E-state index contributed by atoms with van der Waals surface area (Å²) in [5.74, 6) is 1.76. The molecule has 3 heteroatoms. The lowest BCUT2D eigenvalue weighted by atomic mass is 9.72. The van der Waals surface area contributed by atoms with Gasteiger partial charge in [0.1, 0.15) is 0 Å². The molecule has 2 aliphatic rings. The Bertz CT molecular complexity index is 2690. The number of aryl methyl sites for hydroxylation is 1. The summed E-state index contributed by atoms with van der Waals surface area (Å²) < 4.78 is 6.83. The van der Waals surface area contributed by atoms with Crippen LogP contribution >= 0.6 is 0 Å². The van der Waals surface area contributed by atoms with Crippen LogP contribution in [0.3, 0.4) is 0 Å². The zero-order valence-corrected chi connectivity index (χ0v) is 30.0. The van der Waals surface area contributed by atoms with E-state index in [0.29, 0.717) is 0 Å². The minimum atomic E-state index is -0.244. The van der Waals surface area contributed by atoms with Crippen LogP contribution in [0.4, 0.5) is 34.1 Å². The van der Waals surface area contributed by atoms with Crippen molar-refractivity contribution >= 4 is 44.9 Å². The highest BCUT2D eigenvalue weighted by Gasteiger charge is 2.42. The summed E-state index contributed by atoms with van der Waals surface area (Å²) in [4.78, 5) is 4.80. The molecule has 0 atom stereocenters. The molecule has 10 rings (SSSR count). The number of hydrogen-bond donors (Lipinski definition) is 0. The summed E-state index contributed by atoms with van der Waals surface area (Å²) in [6.45, 7) is 6.85. The van der Waals surface area contributed by atoms with Gasteiger partial charge in [0.25, 0.3) is 0 Å². The summed E-state index contributed by atoms with van der Waals surface area (Å²) >= 11 is 0. The molecule has 8 aromatic rings. The van der Waals surface area contributed by atoms with Crippen LogP contribution in [-0.2, 0) is 5.41 Å². The minimum absolute atomic E-state index is 0.244. The fraction of sp³-hybridized carbons (Fsp3) is 0.0800. The number of benzene rings is 8. The first-order valence-corrected chi connectivity index (χ1v) is 18.3. The van der Waals surface area contributed by atoms with Gasteiger partial charge in [-0.05, 0) is 117 Å². The maximum Gasteiger partial charge on any atom is 0.152 e. The summed E-state index contributed by atoms with van der Waals surface area (Å²) in [7, 11) is 0. The molecule has 0 bridgehead atoms. The average molecular weight is 683 g/mol. The molecule has 0 aromatic heterocycles. The lowest BCUT2D eigenvalue weighted by Crippen LogP contribution is -2.32. The van der Waals surface area contributed by atoms with E-state index in [-0.39, 0.29) is 5.41 Å². The Morgan fingerprint density at radius 3 is 1.98 bits per heavy atom. The number of hydrogen-bond acceptors (Lipinski definition) is 3. The predicted molar refractivity (Wildman–Crippen MR) is 221 cm³/mol. The van der Waals surface area contributed by atoms with Gasteiger partial charge in [-0.3, -0.25) is 0 Å². The van der Waals surface area contributed by atoms with Crippen molar-refractivity contribution in [3.05, 3.63) is 193 Å². The van der Waals surface area contributed by atoms with Gasteiger partial charge in [-0.15, -0.1) is 0 Å². The molecule has 254 valence electrons. The van der Waals surface area contributed by atoms with Gasteiger partial charge >= 0.3 is 0 Å². The molecule has 0 N–H and O–H groups in total. The molecule has 0 unspecified atom stereocenters. The third-order valence-corrected chi connectivity index (χ3v) is 11.1. The standard InChI is InChI=1S/C50H38N2O/c1-33-13-11-22-46-48(33)52-45-21-10-9-20-43(45)50(2,3)44-31-39(32-47(53-46)49(44)52)38-18-12-19-41(30-38)51(42-28-25-35-16-7-8-17-37(35)29-42)40-26-23-36(24-27-40)34-14-5-4-6-15-34/h4-32H,1-3H3. The molecule has 53 heavy (non-hydrogen) atoms. The first-order chi connectivity index (χ1) is 25.9. The van der Waals surface area contributed by atoms with E-state index in [0.717, 1.165) is 51.1 Å². The number of nitrogens with zero attached hydrogens (tertiary/aromatic N) is 2. The molecular formula is C50H38N2O. The van der Waals surface area contributed by atoms with Crippen LogP contribution in [0.15, 0.2) is 176 Å². The van der Waals surface area contributed by atoms with E-state index in [9.17, 15) is 0 Å². The van der Waals surface area contributed by atoms with Crippen molar-refractivity contribution in [2.75, 3.05) is 9.80 Å². The van der Waals surface area contributed by atoms with Crippen molar-refractivity contribution in [2.45, 2.75) is 26.2 Å². The van der Waals surface area contributed by atoms with E-state index in [1.54, 1.807) is 0 Å². The molecule has 2 heterocycles. The van der Waals surface area contributed by atoms with Gasteiger partial charge < -0.3 is 14.5 Å². The van der Waals surface area contributed by atoms with Crippen LogP contribution in [0.25, 0.3) is 33.0 Å². The number of fused-ring (bicyclic) bond motifs is 5. The molecule has 0 radical (unpaired) electrons. The van der Waals surface area contributed by atoms with Crippen molar-refractivity contribution < 1.29 is 4.74 Å². The quantitative estimate of drug-likeness (QED) is 0.180. The van der Waals surface area contributed by atoms with Gasteiger partial charge in [0.2, 0.25) is 0 Å². The van der Waals surface area contributed by atoms with Crippen LogP contribution in [0, 0.1) is 6.92 Å². The molecule has 0 spiro atoms. The summed E-state index contributed by atoms with van der Waals surface area (Å²) in [6, 6.07) is 63.5. The average Bonchev–Trinajstić information content (AvgIpc) is 3.20.